The average Bonchev–Trinajstić information content (AvgIpc) is 2.62. The van der Waals surface area contributed by atoms with E-state index in [-0.39, 0.29) is 12.3 Å². The standard InChI is InChI=1S/C20H22N2O3/c1-3-12-25-18-11-10-17(13-19(18)24-4-2)15-21-22-20(23)14-16-8-6-5-7-9-16/h3,5-11,13,15H,1,4,12,14H2,2H3,(H,22,23)/b21-15-. The molecule has 0 atom stereocenters. The fraction of sp³-hybridized carbons (Fsp3) is 0.200. The van der Waals surface area contributed by atoms with Gasteiger partial charge < -0.3 is 9.47 Å². The summed E-state index contributed by atoms with van der Waals surface area (Å²) in [4.78, 5) is 11.9. The maximum atomic E-state index is 11.9. The molecule has 1 amide bonds. The molecule has 0 saturated carbocycles. The Balaban J connectivity index is 1.96. The monoisotopic (exact) mass is 338 g/mol. The van der Waals surface area contributed by atoms with Crippen LogP contribution in [0.2, 0.25) is 0 Å². The summed E-state index contributed by atoms with van der Waals surface area (Å²) < 4.78 is 11.1. The second kappa shape index (κ2) is 9.93. The van der Waals surface area contributed by atoms with E-state index in [0.717, 1.165) is 11.1 Å². The van der Waals surface area contributed by atoms with Crippen LogP contribution in [0.25, 0.3) is 0 Å². The van der Waals surface area contributed by atoms with Gasteiger partial charge in [-0.2, -0.15) is 5.10 Å². The molecule has 0 spiro atoms. The van der Waals surface area contributed by atoms with Crippen molar-refractivity contribution in [1.82, 2.24) is 5.43 Å². The second-order valence-electron chi connectivity index (χ2n) is 5.19. The van der Waals surface area contributed by atoms with Crippen LogP contribution in [0.4, 0.5) is 0 Å². The molecule has 25 heavy (non-hydrogen) atoms. The number of carbonyl (C=O) groups is 1. The predicted molar refractivity (Wildman–Crippen MR) is 99.2 cm³/mol. The summed E-state index contributed by atoms with van der Waals surface area (Å²) in [7, 11) is 0. The largest absolute Gasteiger partial charge is 0.490 e. The highest BCUT2D eigenvalue weighted by atomic mass is 16.5. The van der Waals surface area contributed by atoms with Crippen LogP contribution in [0.5, 0.6) is 11.5 Å². The first-order valence-electron chi connectivity index (χ1n) is 8.09. The van der Waals surface area contributed by atoms with E-state index in [1.807, 2.05) is 55.5 Å². The lowest BCUT2D eigenvalue weighted by Gasteiger charge is -2.11. The lowest BCUT2D eigenvalue weighted by atomic mass is 10.1. The van der Waals surface area contributed by atoms with Crippen molar-refractivity contribution in [3.8, 4) is 11.5 Å². The molecule has 0 aliphatic rings. The third-order valence-corrected chi connectivity index (χ3v) is 3.23. The average molecular weight is 338 g/mol. The Hall–Kier alpha value is -3.08. The van der Waals surface area contributed by atoms with Crippen LogP contribution in [-0.4, -0.2) is 25.3 Å². The van der Waals surface area contributed by atoms with Crippen molar-refractivity contribution in [2.24, 2.45) is 5.10 Å². The van der Waals surface area contributed by atoms with Crippen LogP contribution in [0.1, 0.15) is 18.1 Å². The molecule has 0 unspecified atom stereocenters. The zero-order valence-corrected chi connectivity index (χ0v) is 14.3. The summed E-state index contributed by atoms with van der Waals surface area (Å²) >= 11 is 0. The van der Waals surface area contributed by atoms with Gasteiger partial charge in [-0.3, -0.25) is 4.79 Å². The van der Waals surface area contributed by atoms with E-state index >= 15 is 0 Å². The number of amides is 1. The molecule has 0 aromatic heterocycles. The first kappa shape index (κ1) is 18.3. The van der Waals surface area contributed by atoms with Crippen molar-refractivity contribution in [2.45, 2.75) is 13.3 Å². The molecule has 5 nitrogen and oxygen atoms in total. The van der Waals surface area contributed by atoms with E-state index < -0.39 is 0 Å². The number of hydrazone groups is 1. The summed E-state index contributed by atoms with van der Waals surface area (Å²) in [5.74, 6) is 1.11. The summed E-state index contributed by atoms with van der Waals surface area (Å²) in [6.07, 6.45) is 3.53. The molecule has 0 bridgehead atoms. The normalized spacial score (nSPS) is 10.4. The maximum Gasteiger partial charge on any atom is 0.244 e. The second-order valence-corrected chi connectivity index (χ2v) is 5.19. The highest BCUT2D eigenvalue weighted by Gasteiger charge is 2.05. The maximum absolute atomic E-state index is 11.9. The van der Waals surface area contributed by atoms with E-state index in [0.29, 0.717) is 24.7 Å². The smallest absolute Gasteiger partial charge is 0.244 e. The van der Waals surface area contributed by atoms with Crippen LogP contribution in [0, 0.1) is 0 Å². The molecule has 0 radical (unpaired) electrons. The van der Waals surface area contributed by atoms with Crippen molar-refractivity contribution in [3.05, 3.63) is 72.3 Å². The van der Waals surface area contributed by atoms with Gasteiger partial charge in [-0.1, -0.05) is 43.0 Å². The Morgan fingerprint density at radius 1 is 1.16 bits per heavy atom. The van der Waals surface area contributed by atoms with Gasteiger partial charge in [0.15, 0.2) is 11.5 Å². The molecule has 2 aromatic carbocycles. The molecule has 2 rings (SSSR count). The van der Waals surface area contributed by atoms with Crippen molar-refractivity contribution in [3.63, 3.8) is 0 Å². The van der Waals surface area contributed by atoms with Crippen molar-refractivity contribution >= 4 is 12.1 Å². The molecular formula is C20H22N2O3. The van der Waals surface area contributed by atoms with Crippen LogP contribution in [0.15, 0.2) is 66.3 Å². The van der Waals surface area contributed by atoms with Gasteiger partial charge in [0.25, 0.3) is 0 Å². The molecule has 0 fully saturated rings. The van der Waals surface area contributed by atoms with Gasteiger partial charge >= 0.3 is 0 Å². The van der Waals surface area contributed by atoms with E-state index in [1.54, 1.807) is 12.3 Å². The van der Waals surface area contributed by atoms with Crippen molar-refractivity contribution in [2.75, 3.05) is 13.2 Å². The molecule has 5 heteroatoms. The molecule has 0 aliphatic heterocycles. The highest BCUT2D eigenvalue weighted by Crippen LogP contribution is 2.28. The number of benzene rings is 2. The number of nitrogens with zero attached hydrogens (tertiary/aromatic N) is 1. The first-order chi connectivity index (χ1) is 12.2. The lowest BCUT2D eigenvalue weighted by molar-refractivity contribution is -0.120. The number of hydrogen-bond donors (Lipinski definition) is 1. The number of hydrogen-bond acceptors (Lipinski definition) is 4. The van der Waals surface area contributed by atoms with Crippen LogP contribution < -0.4 is 14.9 Å². The fourth-order valence-electron chi connectivity index (χ4n) is 2.14. The minimum absolute atomic E-state index is 0.168. The molecule has 130 valence electrons. The van der Waals surface area contributed by atoms with Gasteiger partial charge in [-0.05, 0) is 36.2 Å². The number of nitrogens with one attached hydrogen (secondary N) is 1. The van der Waals surface area contributed by atoms with Gasteiger partial charge in [0.1, 0.15) is 6.61 Å². The minimum Gasteiger partial charge on any atom is -0.490 e. The van der Waals surface area contributed by atoms with Crippen LogP contribution in [0.3, 0.4) is 0 Å². The Morgan fingerprint density at radius 2 is 1.96 bits per heavy atom. The third-order valence-electron chi connectivity index (χ3n) is 3.23. The molecule has 0 aliphatic carbocycles. The zero-order valence-electron chi connectivity index (χ0n) is 14.3. The quantitative estimate of drug-likeness (QED) is 0.433. The summed E-state index contributed by atoms with van der Waals surface area (Å²) in [5, 5.41) is 3.99. The van der Waals surface area contributed by atoms with Gasteiger partial charge in [-0.25, -0.2) is 5.43 Å². The highest BCUT2D eigenvalue weighted by molar-refractivity contribution is 5.84. The fourth-order valence-corrected chi connectivity index (χ4v) is 2.14. The van der Waals surface area contributed by atoms with E-state index in [9.17, 15) is 4.79 Å². The number of rotatable bonds is 9. The number of ether oxygens (including phenoxy) is 2. The van der Waals surface area contributed by atoms with Gasteiger partial charge in [0, 0.05) is 0 Å². The molecule has 2 aromatic rings. The van der Waals surface area contributed by atoms with Crippen molar-refractivity contribution in [1.29, 1.82) is 0 Å². The topological polar surface area (TPSA) is 59.9 Å². The summed E-state index contributed by atoms with van der Waals surface area (Å²) in [6, 6.07) is 15.0. The zero-order chi connectivity index (χ0) is 17.9. The molecular weight excluding hydrogens is 316 g/mol. The molecule has 1 N–H and O–H groups in total. The van der Waals surface area contributed by atoms with Crippen LogP contribution in [-0.2, 0) is 11.2 Å². The Labute approximate surface area is 148 Å². The Morgan fingerprint density at radius 3 is 2.68 bits per heavy atom. The first-order valence-corrected chi connectivity index (χ1v) is 8.09. The van der Waals surface area contributed by atoms with Crippen LogP contribution >= 0.6 is 0 Å². The Bertz CT molecular complexity index is 727. The number of carbonyl (C=O) groups excluding carboxylic acids is 1. The molecule has 0 heterocycles. The lowest BCUT2D eigenvalue weighted by Crippen LogP contribution is -2.19. The summed E-state index contributed by atoms with van der Waals surface area (Å²) in [5.41, 5.74) is 4.27. The minimum atomic E-state index is -0.168. The van der Waals surface area contributed by atoms with Gasteiger partial charge in [0.2, 0.25) is 5.91 Å². The van der Waals surface area contributed by atoms with E-state index in [2.05, 4.69) is 17.1 Å². The Kier molecular flexibility index (Phi) is 7.25. The SMILES string of the molecule is C=CCOc1ccc(/C=N\NC(=O)Cc2ccccc2)cc1OCC. The third kappa shape index (κ3) is 6.14. The van der Waals surface area contributed by atoms with Crippen molar-refractivity contribution < 1.29 is 14.3 Å². The van der Waals surface area contributed by atoms with Gasteiger partial charge in [-0.15, -0.1) is 0 Å². The van der Waals surface area contributed by atoms with Gasteiger partial charge in [0.05, 0.1) is 19.2 Å². The molecule has 0 saturated heterocycles. The van der Waals surface area contributed by atoms with E-state index in [4.69, 9.17) is 9.47 Å². The predicted octanol–water partition coefficient (Wildman–Crippen LogP) is 3.34. The van der Waals surface area contributed by atoms with E-state index in [1.165, 1.54) is 0 Å². The summed E-state index contributed by atoms with van der Waals surface area (Å²) in [6.45, 7) is 6.47.